The Balaban J connectivity index is 1.52. The van der Waals surface area contributed by atoms with Gasteiger partial charge in [0.05, 0.1) is 16.9 Å². The molecule has 0 fully saturated rings. The van der Waals surface area contributed by atoms with Gasteiger partial charge in [0.15, 0.2) is 0 Å². The highest BCUT2D eigenvalue weighted by Gasteiger charge is 2.34. The third kappa shape index (κ3) is 6.13. The largest absolute Gasteiger partial charge is 0.481 e. The molecular formula is C34H31F3N2O4S. The number of nitrogens with one attached hydrogen (secondary N) is 1. The fourth-order valence-corrected chi connectivity index (χ4v) is 6.98. The first-order chi connectivity index (χ1) is 20.7. The normalized spacial score (nSPS) is 12.6. The van der Waals surface area contributed by atoms with E-state index in [1.165, 1.54) is 10.4 Å². The van der Waals surface area contributed by atoms with E-state index in [2.05, 4.69) is 4.98 Å². The first kappa shape index (κ1) is 31.0. The standard InChI is InChI=1S/C34H31F3N2O4S/c1-22-11-14-25-7-4-5-10-29(25)31(22)44(42,43)39(21-28-17-18-30(38-28)34(35,36)37)20-23-12-15-24(16-13-23)26-8-6-9-27(19-26)33(2,3)32(40)41/h4-19,38H,20-21H2,1-3H3,(H,40,41). The first-order valence-corrected chi connectivity index (χ1v) is 15.3. The van der Waals surface area contributed by atoms with Gasteiger partial charge in [-0.25, -0.2) is 8.42 Å². The Morgan fingerprint density at radius 1 is 0.841 bits per heavy atom. The molecule has 0 amide bonds. The van der Waals surface area contributed by atoms with Gasteiger partial charge >= 0.3 is 12.1 Å². The van der Waals surface area contributed by atoms with E-state index < -0.39 is 33.3 Å². The summed E-state index contributed by atoms with van der Waals surface area (Å²) < 4.78 is 69.8. The van der Waals surface area contributed by atoms with Crippen LogP contribution in [0, 0.1) is 6.92 Å². The zero-order valence-electron chi connectivity index (χ0n) is 24.3. The van der Waals surface area contributed by atoms with Gasteiger partial charge in [-0.1, -0.05) is 84.9 Å². The molecule has 5 rings (SSSR count). The highest BCUT2D eigenvalue weighted by atomic mass is 32.2. The van der Waals surface area contributed by atoms with Crippen LogP contribution in [-0.4, -0.2) is 28.8 Å². The second kappa shape index (κ2) is 11.6. The number of benzene rings is 4. The number of rotatable bonds is 9. The number of aliphatic carboxylic acids is 1. The van der Waals surface area contributed by atoms with Crippen LogP contribution in [-0.2, 0) is 39.5 Å². The van der Waals surface area contributed by atoms with Gasteiger partial charge in [0.1, 0.15) is 5.69 Å². The van der Waals surface area contributed by atoms with Crippen molar-refractivity contribution in [3.05, 3.63) is 125 Å². The lowest BCUT2D eigenvalue weighted by molar-refractivity contribution is -0.142. The van der Waals surface area contributed by atoms with E-state index in [1.807, 2.05) is 42.5 Å². The number of H-pyrrole nitrogens is 1. The number of hydrogen-bond donors (Lipinski definition) is 2. The summed E-state index contributed by atoms with van der Waals surface area (Å²) >= 11 is 0. The maximum Gasteiger partial charge on any atom is 0.431 e. The Labute approximate surface area is 253 Å². The van der Waals surface area contributed by atoms with E-state index in [4.69, 9.17) is 0 Å². The summed E-state index contributed by atoms with van der Waals surface area (Å²) in [6, 6.07) is 27.2. The highest BCUT2D eigenvalue weighted by Crippen LogP contribution is 2.33. The molecule has 4 aromatic carbocycles. The van der Waals surface area contributed by atoms with E-state index in [0.717, 1.165) is 22.6 Å². The van der Waals surface area contributed by atoms with Crippen molar-refractivity contribution < 1.29 is 31.5 Å². The number of carboxylic acids is 1. The van der Waals surface area contributed by atoms with Crippen LogP contribution in [0.2, 0.25) is 0 Å². The summed E-state index contributed by atoms with van der Waals surface area (Å²) in [5.41, 5.74) is 1.45. The summed E-state index contributed by atoms with van der Waals surface area (Å²) in [5.74, 6) is -0.947. The van der Waals surface area contributed by atoms with Gasteiger partial charge < -0.3 is 10.1 Å². The average Bonchev–Trinajstić information content (AvgIpc) is 3.46. The van der Waals surface area contributed by atoms with Crippen LogP contribution in [0.25, 0.3) is 21.9 Å². The van der Waals surface area contributed by atoms with Crippen molar-refractivity contribution in [3.63, 3.8) is 0 Å². The van der Waals surface area contributed by atoms with Crippen molar-refractivity contribution in [2.75, 3.05) is 0 Å². The number of nitrogens with zero attached hydrogens (tertiary/aromatic N) is 1. The Hall–Kier alpha value is -4.41. The molecule has 0 radical (unpaired) electrons. The SMILES string of the molecule is Cc1ccc2ccccc2c1S(=O)(=O)N(Cc1ccc(-c2cccc(C(C)(C)C(=O)O)c2)cc1)Cc1ccc(C(F)(F)F)[nH]1. The van der Waals surface area contributed by atoms with Gasteiger partial charge in [-0.05, 0) is 66.1 Å². The van der Waals surface area contributed by atoms with Crippen molar-refractivity contribution in [2.45, 2.75) is 50.3 Å². The monoisotopic (exact) mass is 620 g/mol. The lowest BCUT2D eigenvalue weighted by Gasteiger charge is -2.24. The van der Waals surface area contributed by atoms with Crippen molar-refractivity contribution in [1.29, 1.82) is 0 Å². The molecule has 0 spiro atoms. The average molecular weight is 621 g/mol. The minimum atomic E-state index is -4.60. The van der Waals surface area contributed by atoms with Crippen molar-refractivity contribution in [3.8, 4) is 11.1 Å². The molecule has 0 saturated heterocycles. The maximum atomic E-state index is 14.3. The molecule has 0 bridgehead atoms. The molecule has 44 heavy (non-hydrogen) atoms. The Morgan fingerprint density at radius 2 is 1.55 bits per heavy atom. The molecule has 0 atom stereocenters. The Bertz CT molecular complexity index is 1950. The van der Waals surface area contributed by atoms with Crippen molar-refractivity contribution >= 4 is 26.8 Å². The molecule has 0 aliphatic heterocycles. The summed E-state index contributed by atoms with van der Waals surface area (Å²) in [4.78, 5) is 14.2. The third-order valence-corrected chi connectivity index (χ3v) is 9.83. The fraction of sp³-hybridized carbons (Fsp3) is 0.206. The lowest BCUT2D eigenvalue weighted by Crippen LogP contribution is -2.31. The van der Waals surface area contributed by atoms with Gasteiger partial charge in [-0.3, -0.25) is 4.79 Å². The molecule has 0 saturated carbocycles. The second-order valence-corrected chi connectivity index (χ2v) is 13.2. The first-order valence-electron chi connectivity index (χ1n) is 13.8. The number of aromatic nitrogens is 1. The van der Waals surface area contributed by atoms with Gasteiger partial charge in [-0.15, -0.1) is 0 Å². The maximum absolute atomic E-state index is 14.3. The molecule has 0 aliphatic carbocycles. The molecule has 0 unspecified atom stereocenters. The van der Waals surface area contributed by atoms with Crippen LogP contribution >= 0.6 is 0 Å². The molecule has 1 heterocycles. The molecule has 10 heteroatoms. The third-order valence-electron chi connectivity index (χ3n) is 7.84. The van der Waals surface area contributed by atoms with Gasteiger partial charge in [0.25, 0.3) is 0 Å². The smallest absolute Gasteiger partial charge is 0.431 e. The van der Waals surface area contributed by atoms with Crippen LogP contribution in [0.4, 0.5) is 13.2 Å². The number of alkyl halides is 3. The van der Waals surface area contributed by atoms with Gasteiger partial charge in [0.2, 0.25) is 10.0 Å². The van der Waals surface area contributed by atoms with Crippen LogP contribution < -0.4 is 0 Å². The quantitative estimate of drug-likeness (QED) is 0.175. The number of fused-ring (bicyclic) bond motifs is 1. The van der Waals surface area contributed by atoms with Crippen LogP contribution in [0.3, 0.4) is 0 Å². The number of aryl methyl sites for hydroxylation is 1. The molecule has 5 aromatic rings. The Morgan fingerprint density at radius 3 is 2.20 bits per heavy atom. The number of sulfonamides is 1. The fourth-order valence-electron chi connectivity index (χ4n) is 5.15. The molecule has 6 nitrogen and oxygen atoms in total. The van der Waals surface area contributed by atoms with Crippen LogP contribution in [0.1, 0.15) is 41.9 Å². The second-order valence-electron chi connectivity index (χ2n) is 11.3. The van der Waals surface area contributed by atoms with E-state index in [1.54, 1.807) is 63.2 Å². The summed E-state index contributed by atoms with van der Waals surface area (Å²) in [6.07, 6.45) is -4.60. The molecule has 1 aromatic heterocycles. The zero-order valence-corrected chi connectivity index (χ0v) is 25.1. The minimum absolute atomic E-state index is 0.0995. The summed E-state index contributed by atoms with van der Waals surface area (Å²) in [5, 5.41) is 10.9. The molecular weight excluding hydrogens is 589 g/mol. The summed E-state index contributed by atoms with van der Waals surface area (Å²) in [6.45, 7) is 4.55. The predicted octanol–water partition coefficient (Wildman–Crippen LogP) is 7.92. The van der Waals surface area contributed by atoms with E-state index in [0.29, 0.717) is 22.1 Å². The number of carbonyl (C=O) groups is 1. The highest BCUT2D eigenvalue weighted by molar-refractivity contribution is 7.89. The van der Waals surface area contributed by atoms with Crippen LogP contribution in [0.5, 0.6) is 0 Å². The summed E-state index contributed by atoms with van der Waals surface area (Å²) in [7, 11) is -4.20. The van der Waals surface area contributed by atoms with Gasteiger partial charge in [0, 0.05) is 17.6 Å². The van der Waals surface area contributed by atoms with E-state index in [9.17, 15) is 31.5 Å². The molecule has 228 valence electrons. The molecule has 2 N–H and O–H groups in total. The number of carboxylic acid groups (broad SMARTS) is 1. The Kier molecular flexibility index (Phi) is 8.17. The lowest BCUT2D eigenvalue weighted by atomic mass is 9.83. The van der Waals surface area contributed by atoms with E-state index in [-0.39, 0.29) is 23.7 Å². The minimum Gasteiger partial charge on any atom is -0.481 e. The number of hydrogen-bond acceptors (Lipinski definition) is 3. The van der Waals surface area contributed by atoms with E-state index >= 15 is 0 Å². The van der Waals surface area contributed by atoms with Crippen molar-refractivity contribution in [1.82, 2.24) is 9.29 Å². The zero-order chi connectivity index (χ0) is 31.9. The molecule has 0 aliphatic rings. The number of halogens is 3. The predicted molar refractivity (Wildman–Crippen MR) is 163 cm³/mol. The van der Waals surface area contributed by atoms with Gasteiger partial charge in [-0.2, -0.15) is 17.5 Å². The van der Waals surface area contributed by atoms with Crippen molar-refractivity contribution in [2.24, 2.45) is 0 Å². The number of aromatic amines is 1. The van der Waals surface area contributed by atoms with Crippen LogP contribution in [0.15, 0.2) is 102 Å². The topological polar surface area (TPSA) is 90.5 Å².